The van der Waals surface area contributed by atoms with Gasteiger partial charge in [-0.2, -0.15) is 0 Å². The summed E-state index contributed by atoms with van der Waals surface area (Å²) in [6, 6.07) is 41.5. The zero-order valence-electron chi connectivity index (χ0n) is 16.5. The Morgan fingerprint density at radius 2 is 1.03 bits per heavy atom. The topological polar surface area (TPSA) is 0 Å². The molecule has 138 valence electrons. The Balaban J connectivity index is 1.78. The monoisotopic (exact) mass is 370 g/mol. The molecular formula is C29H22. The van der Waals surface area contributed by atoms with Gasteiger partial charge in [-0.3, -0.25) is 0 Å². The van der Waals surface area contributed by atoms with Crippen LogP contribution in [-0.4, -0.2) is 0 Å². The van der Waals surface area contributed by atoms with Crippen molar-refractivity contribution >= 4 is 10.8 Å². The van der Waals surface area contributed by atoms with E-state index in [-0.39, 0.29) is 0 Å². The molecule has 0 unspecified atom stereocenters. The highest BCUT2D eigenvalue weighted by molar-refractivity contribution is 5.98. The molecule has 0 fully saturated rings. The highest BCUT2D eigenvalue weighted by atomic mass is 14.1. The minimum absolute atomic E-state index is 1.24. The summed E-state index contributed by atoms with van der Waals surface area (Å²) in [6.07, 6.45) is 0. The van der Waals surface area contributed by atoms with Crippen molar-refractivity contribution in [2.75, 3.05) is 0 Å². The van der Waals surface area contributed by atoms with E-state index >= 15 is 0 Å². The lowest BCUT2D eigenvalue weighted by atomic mass is 9.91. The summed E-state index contributed by atoms with van der Waals surface area (Å²) in [6.45, 7) is 2.15. The van der Waals surface area contributed by atoms with Crippen molar-refractivity contribution in [1.82, 2.24) is 0 Å². The predicted molar refractivity (Wildman–Crippen MR) is 125 cm³/mol. The summed E-state index contributed by atoms with van der Waals surface area (Å²) in [5.74, 6) is 0. The van der Waals surface area contributed by atoms with Crippen LogP contribution in [0.15, 0.2) is 115 Å². The van der Waals surface area contributed by atoms with Crippen molar-refractivity contribution in [3.05, 3.63) is 121 Å². The van der Waals surface area contributed by atoms with E-state index < -0.39 is 0 Å². The van der Waals surface area contributed by atoms with E-state index in [1.165, 1.54) is 49.7 Å². The van der Waals surface area contributed by atoms with Gasteiger partial charge in [0.05, 0.1) is 0 Å². The third-order valence-corrected chi connectivity index (χ3v) is 5.49. The van der Waals surface area contributed by atoms with E-state index in [1.54, 1.807) is 0 Å². The average molecular weight is 370 g/mol. The highest BCUT2D eigenvalue weighted by Crippen LogP contribution is 2.35. The van der Waals surface area contributed by atoms with Crippen molar-refractivity contribution in [3.8, 4) is 33.4 Å². The molecule has 0 aliphatic carbocycles. The van der Waals surface area contributed by atoms with Gasteiger partial charge >= 0.3 is 0 Å². The van der Waals surface area contributed by atoms with Gasteiger partial charge in [-0.15, -0.1) is 0 Å². The van der Waals surface area contributed by atoms with Crippen LogP contribution in [-0.2, 0) is 0 Å². The lowest BCUT2D eigenvalue weighted by molar-refractivity contribution is 1.46. The fourth-order valence-electron chi connectivity index (χ4n) is 4.05. The van der Waals surface area contributed by atoms with Crippen LogP contribution in [0.1, 0.15) is 5.56 Å². The Hall–Kier alpha value is -3.64. The van der Waals surface area contributed by atoms with E-state index in [0.29, 0.717) is 0 Å². The summed E-state index contributed by atoms with van der Waals surface area (Å²) in [7, 11) is 0. The lowest BCUT2D eigenvalue weighted by Crippen LogP contribution is -1.87. The maximum atomic E-state index is 2.32. The van der Waals surface area contributed by atoms with Gasteiger partial charge in [-0.05, 0) is 69.3 Å². The van der Waals surface area contributed by atoms with E-state index in [2.05, 4.69) is 122 Å². The van der Waals surface area contributed by atoms with Crippen molar-refractivity contribution in [1.29, 1.82) is 0 Å². The van der Waals surface area contributed by atoms with Gasteiger partial charge < -0.3 is 0 Å². The number of rotatable bonds is 3. The molecule has 0 heterocycles. The lowest BCUT2D eigenvalue weighted by Gasteiger charge is -2.13. The van der Waals surface area contributed by atoms with E-state index in [4.69, 9.17) is 0 Å². The maximum absolute atomic E-state index is 2.32. The van der Waals surface area contributed by atoms with Crippen molar-refractivity contribution in [2.45, 2.75) is 6.92 Å². The second kappa shape index (κ2) is 7.41. The van der Waals surface area contributed by atoms with Gasteiger partial charge in [-0.1, -0.05) is 103 Å². The Kier molecular flexibility index (Phi) is 4.46. The molecule has 0 aromatic heterocycles. The fraction of sp³-hybridized carbons (Fsp3) is 0.0345. The number of benzene rings is 5. The number of hydrogen-bond acceptors (Lipinski definition) is 0. The Morgan fingerprint density at radius 3 is 1.86 bits per heavy atom. The van der Waals surface area contributed by atoms with Crippen LogP contribution < -0.4 is 0 Å². The molecular weight excluding hydrogens is 348 g/mol. The van der Waals surface area contributed by atoms with Crippen molar-refractivity contribution < 1.29 is 0 Å². The first-order valence-corrected chi connectivity index (χ1v) is 10.0. The van der Waals surface area contributed by atoms with Gasteiger partial charge in [0.2, 0.25) is 0 Å². The number of aryl methyl sites for hydroxylation is 1. The molecule has 0 atom stereocenters. The summed E-state index contributed by atoms with van der Waals surface area (Å²) in [5, 5.41) is 2.56. The molecule has 5 aromatic rings. The normalized spacial score (nSPS) is 10.9. The number of fused-ring (bicyclic) bond motifs is 1. The molecule has 29 heavy (non-hydrogen) atoms. The van der Waals surface area contributed by atoms with Crippen LogP contribution in [0.2, 0.25) is 0 Å². The summed E-state index contributed by atoms with van der Waals surface area (Å²) in [4.78, 5) is 0. The van der Waals surface area contributed by atoms with Gasteiger partial charge in [-0.25, -0.2) is 0 Å². The van der Waals surface area contributed by atoms with Crippen LogP contribution in [0.25, 0.3) is 44.2 Å². The molecule has 0 aliphatic heterocycles. The van der Waals surface area contributed by atoms with Gasteiger partial charge in [0, 0.05) is 0 Å². The second-order valence-electron chi connectivity index (χ2n) is 7.56. The van der Waals surface area contributed by atoms with Crippen LogP contribution >= 0.6 is 0 Å². The van der Waals surface area contributed by atoms with Crippen LogP contribution in [0, 0.1) is 6.92 Å². The fourth-order valence-corrected chi connectivity index (χ4v) is 4.05. The Labute approximate surface area is 172 Å². The van der Waals surface area contributed by atoms with E-state index in [1.807, 2.05) is 0 Å². The summed E-state index contributed by atoms with van der Waals surface area (Å²) in [5.41, 5.74) is 8.78. The predicted octanol–water partition coefficient (Wildman–Crippen LogP) is 8.15. The summed E-state index contributed by atoms with van der Waals surface area (Å²) >= 11 is 0. The summed E-state index contributed by atoms with van der Waals surface area (Å²) < 4.78 is 0. The molecule has 5 rings (SSSR count). The SMILES string of the molecule is Cc1cccc(-c2cc(-c3ccccc3)cc(-c3cccc4ccccc34)c2)c1. The minimum Gasteiger partial charge on any atom is -0.0622 e. The molecule has 0 saturated heterocycles. The van der Waals surface area contributed by atoms with Gasteiger partial charge in [0.25, 0.3) is 0 Å². The molecule has 0 spiro atoms. The molecule has 0 saturated carbocycles. The van der Waals surface area contributed by atoms with Crippen LogP contribution in [0.5, 0.6) is 0 Å². The molecule has 0 radical (unpaired) electrons. The third-order valence-electron chi connectivity index (χ3n) is 5.49. The second-order valence-corrected chi connectivity index (χ2v) is 7.56. The molecule has 0 bridgehead atoms. The highest BCUT2D eigenvalue weighted by Gasteiger charge is 2.09. The van der Waals surface area contributed by atoms with E-state index in [0.717, 1.165) is 0 Å². The molecule has 0 N–H and O–H groups in total. The van der Waals surface area contributed by atoms with Crippen molar-refractivity contribution in [3.63, 3.8) is 0 Å². The number of hydrogen-bond donors (Lipinski definition) is 0. The molecule has 0 amide bonds. The first-order valence-electron chi connectivity index (χ1n) is 10.0. The average Bonchev–Trinajstić information content (AvgIpc) is 2.79. The smallest absolute Gasteiger partial charge is 0.0105 e. The maximum Gasteiger partial charge on any atom is -0.0105 e. The van der Waals surface area contributed by atoms with Gasteiger partial charge in [0.15, 0.2) is 0 Å². The standard InChI is InChI=1S/C29H22/c1-21-9-7-14-24(17-21)26-18-25(22-10-3-2-4-11-22)19-27(20-26)29-16-8-13-23-12-5-6-15-28(23)29/h2-20H,1H3. The molecule has 5 aromatic carbocycles. The van der Waals surface area contributed by atoms with Crippen LogP contribution in [0.3, 0.4) is 0 Å². The first-order chi connectivity index (χ1) is 14.3. The van der Waals surface area contributed by atoms with E-state index in [9.17, 15) is 0 Å². The molecule has 0 heteroatoms. The Bertz CT molecular complexity index is 1290. The van der Waals surface area contributed by atoms with Crippen molar-refractivity contribution in [2.24, 2.45) is 0 Å². The zero-order chi connectivity index (χ0) is 19.6. The van der Waals surface area contributed by atoms with Gasteiger partial charge in [0.1, 0.15) is 0 Å². The first kappa shape index (κ1) is 17.5. The quantitative estimate of drug-likeness (QED) is 0.300. The largest absolute Gasteiger partial charge is 0.0622 e. The third kappa shape index (κ3) is 3.46. The molecule has 0 aliphatic rings. The van der Waals surface area contributed by atoms with Crippen LogP contribution in [0.4, 0.5) is 0 Å². The zero-order valence-corrected chi connectivity index (χ0v) is 16.5. The Morgan fingerprint density at radius 1 is 0.414 bits per heavy atom. The minimum atomic E-state index is 1.24. The molecule has 0 nitrogen and oxygen atoms in total.